The number of esters is 1. The van der Waals surface area contributed by atoms with E-state index < -0.39 is 0 Å². The molecule has 0 aliphatic rings. The van der Waals surface area contributed by atoms with Crippen LogP contribution < -0.4 is 4.74 Å². The van der Waals surface area contributed by atoms with E-state index >= 15 is 0 Å². The number of unbranched alkanes of at least 4 members (excludes halogenated alkanes) is 3. The van der Waals surface area contributed by atoms with Crippen LogP contribution in [-0.2, 0) is 16.1 Å². The number of carbonyl (C=O) groups excluding carboxylic acids is 1. The lowest BCUT2D eigenvalue weighted by Crippen LogP contribution is -2.04. The average Bonchev–Trinajstić information content (AvgIpc) is 2.49. The van der Waals surface area contributed by atoms with E-state index in [1.54, 1.807) is 12.1 Å². The van der Waals surface area contributed by atoms with Crippen molar-refractivity contribution >= 4 is 5.97 Å². The van der Waals surface area contributed by atoms with Crippen molar-refractivity contribution < 1.29 is 19.4 Å². The number of aliphatic hydroxyl groups is 1. The van der Waals surface area contributed by atoms with Crippen LogP contribution in [0.2, 0.25) is 0 Å². The first-order valence-corrected chi connectivity index (χ1v) is 8.10. The molecule has 0 bridgehead atoms. The Balaban J connectivity index is 2.14. The van der Waals surface area contributed by atoms with Gasteiger partial charge in [-0.2, -0.15) is 0 Å². The van der Waals surface area contributed by atoms with Crippen molar-refractivity contribution in [2.24, 2.45) is 5.92 Å². The molecule has 4 nitrogen and oxygen atoms in total. The lowest BCUT2D eigenvalue weighted by molar-refractivity contribution is -0.145. The second-order valence-corrected chi connectivity index (χ2v) is 5.93. The molecule has 1 aromatic carbocycles. The first kappa shape index (κ1) is 18.5. The van der Waals surface area contributed by atoms with Crippen LogP contribution in [0.3, 0.4) is 0 Å². The molecule has 1 aromatic rings. The Morgan fingerprint density at radius 3 is 2.68 bits per heavy atom. The molecule has 0 heterocycles. The zero-order valence-corrected chi connectivity index (χ0v) is 13.7. The highest BCUT2D eigenvalue weighted by atomic mass is 16.6. The van der Waals surface area contributed by atoms with Crippen molar-refractivity contribution in [2.75, 3.05) is 6.79 Å². The molecule has 0 saturated carbocycles. The van der Waals surface area contributed by atoms with Gasteiger partial charge in [-0.3, -0.25) is 4.79 Å². The van der Waals surface area contributed by atoms with Gasteiger partial charge in [0.05, 0.1) is 0 Å². The molecule has 0 amide bonds. The van der Waals surface area contributed by atoms with Crippen LogP contribution in [-0.4, -0.2) is 17.9 Å². The predicted molar refractivity (Wildman–Crippen MR) is 86.5 cm³/mol. The maximum Gasteiger partial charge on any atom is 0.306 e. The predicted octanol–water partition coefficient (Wildman–Crippen LogP) is 4.06. The van der Waals surface area contributed by atoms with Gasteiger partial charge in [0.25, 0.3) is 0 Å². The highest BCUT2D eigenvalue weighted by Crippen LogP contribution is 2.15. The van der Waals surface area contributed by atoms with Gasteiger partial charge in [-0.1, -0.05) is 51.7 Å². The summed E-state index contributed by atoms with van der Waals surface area (Å²) in [7, 11) is 0. The maximum absolute atomic E-state index is 11.7. The molecule has 0 saturated heterocycles. The molecule has 0 spiro atoms. The second kappa shape index (κ2) is 11.1. The normalized spacial score (nSPS) is 10.7. The zero-order valence-electron chi connectivity index (χ0n) is 13.7. The number of aliphatic hydroxyl groups excluding tert-OH is 1. The van der Waals surface area contributed by atoms with Crippen LogP contribution in [0.1, 0.15) is 57.9 Å². The summed E-state index contributed by atoms with van der Waals surface area (Å²) in [6.45, 7) is 4.35. The lowest BCUT2D eigenvalue weighted by atomic mass is 10.0. The van der Waals surface area contributed by atoms with Gasteiger partial charge in [0, 0.05) is 6.42 Å². The van der Waals surface area contributed by atoms with Crippen molar-refractivity contribution in [2.45, 2.75) is 59.0 Å². The Kier molecular flexibility index (Phi) is 9.31. The van der Waals surface area contributed by atoms with Gasteiger partial charge < -0.3 is 14.6 Å². The fourth-order valence-corrected chi connectivity index (χ4v) is 2.21. The molecule has 0 aromatic heterocycles. The van der Waals surface area contributed by atoms with Crippen LogP contribution in [0.15, 0.2) is 24.3 Å². The third kappa shape index (κ3) is 8.67. The van der Waals surface area contributed by atoms with E-state index in [-0.39, 0.29) is 19.4 Å². The first-order valence-electron chi connectivity index (χ1n) is 8.10. The summed E-state index contributed by atoms with van der Waals surface area (Å²) in [5.41, 5.74) is 0.858. The van der Waals surface area contributed by atoms with Gasteiger partial charge in [0.2, 0.25) is 0 Å². The summed E-state index contributed by atoms with van der Waals surface area (Å²) < 4.78 is 10.2. The molecule has 1 N–H and O–H groups in total. The number of benzene rings is 1. The summed E-state index contributed by atoms with van der Waals surface area (Å²) in [5, 5.41) is 8.71. The molecule has 1 rings (SSSR count). The fourth-order valence-electron chi connectivity index (χ4n) is 2.21. The van der Waals surface area contributed by atoms with Crippen LogP contribution >= 0.6 is 0 Å². The summed E-state index contributed by atoms with van der Waals surface area (Å²) in [4.78, 5) is 11.7. The highest BCUT2D eigenvalue weighted by molar-refractivity contribution is 5.69. The quantitative estimate of drug-likeness (QED) is 0.380. The number of hydrogen-bond donors (Lipinski definition) is 1. The fraction of sp³-hybridized carbons (Fsp3) is 0.611. The largest absolute Gasteiger partial charge is 0.468 e. The summed E-state index contributed by atoms with van der Waals surface area (Å²) >= 11 is 0. The molecular formula is C18H28O4. The van der Waals surface area contributed by atoms with Crippen molar-refractivity contribution in [1.29, 1.82) is 0 Å². The smallest absolute Gasteiger partial charge is 0.306 e. The molecule has 124 valence electrons. The highest BCUT2D eigenvalue weighted by Gasteiger charge is 2.04. The number of carbonyl (C=O) groups is 1. The Bertz CT molecular complexity index is 429. The Labute approximate surface area is 133 Å². The van der Waals surface area contributed by atoms with E-state index in [4.69, 9.17) is 14.6 Å². The Morgan fingerprint density at radius 1 is 1.18 bits per heavy atom. The van der Waals surface area contributed by atoms with Crippen molar-refractivity contribution in [3.05, 3.63) is 29.8 Å². The molecular weight excluding hydrogens is 280 g/mol. The van der Waals surface area contributed by atoms with Crippen LogP contribution in [0.5, 0.6) is 5.75 Å². The van der Waals surface area contributed by atoms with Crippen LogP contribution in [0.4, 0.5) is 0 Å². The molecule has 0 aliphatic carbocycles. The van der Waals surface area contributed by atoms with Crippen LogP contribution in [0.25, 0.3) is 0 Å². The van der Waals surface area contributed by atoms with Gasteiger partial charge in [-0.05, 0) is 30.0 Å². The van der Waals surface area contributed by atoms with Gasteiger partial charge in [0.15, 0.2) is 6.79 Å². The average molecular weight is 308 g/mol. The molecule has 0 unspecified atom stereocenters. The van der Waals surface area contributed by atoms with Crippen LogP contribution in [0, 0.1) is 5.92 Å². The number of hydrogen-bond acceptors (Lipinski definition) is 4. The molecule has 0 fully saturated rings. The zero-order chi connectivity index (χ0) is 16.2. The van der Waals surface area contributed by atoms with E-state index in [2.05, 4.69) is 13.8 Å². The summed E-state index contributed by atoms with van der Waals surface area (Å²) in [6.07, 6.45) is 6.15. The molecule has 0 radical (unpaired) electrons. The van der Waals surface area contributed by atoms with E-state index in [1.165, 1.54) is 19.3 Å². The summed E-state index contributed by atoms with van der Waals surface area (Å²) in [6, 6.07) is 7.18. The second-order valence-electron chi connectivity index (χ2n) is 5.93. The summed E-state index contributed by atoms with van der Waals surface area (Å²) in [5.74, 6) is 1.18. The Hall–Kier alpha value is -1.55. The van der Waals surface area contributed by atoms with Gasteiger partial charge in [-0.25, -0.2) is 0 Å². The minimum Gasteiger partial charge on any atom is -0.468 e. The van der Waals surface area contributed by atoms with E-state index in [0.717, 1.165) is 24.3 Å². The monoisotopic (exact) mass is 308 g/mol. The molecule has 0 atom stereocenters. The topological polar surface area (TPSA) is 55.8 Å². The number of ether oxygens (including phenoxy) is 2. The maximum atomic E-state index is 11.7. The minimum atomic E-state index is -0.361. The number of rotatable bonds is 11. The van der Waals surface area contributed by atoms with Gasteiger partial charge in [0.1, 0.15) is 12.4 Å². The van der Waals surface area contributed by atoms with E-state index in [0.29, 0.717) is 12.2 Å². The van der Waals surface area contributed by atoms with Gasteiger partial charge >= 0.3 is 5.97 Å². The van der Waals surface area contributed by atoms with Gasteiger partial charge in [-0.15, -0.1) is 0 Å². The minimum absolute atomic E-state index is 0.155. The molecule has 22 heavy (non-hydrogen) atoms. The van der Waals surface area contributed by atoms with Crippen molar-refractivity contribution in [3.63, 3.8) is 0 Å². The third-order valence-electron chi connectivity index (χ3n) is 3.44. The van der Waals surface area contributed by atoms with E-state index in [1.807, 2.05) is 12.1 Å². The SMILES string of the molecule is CC(C)CCCCCCC(=O)OCc1cccc(OCO)c1. The molecule has 4 heteroatoms. The molecule has 0 aliphatic heterocycles. The van der Waals surface area contributed by atoms with Crippen molar-refractivity contribution in [3.8, 4) is 5.75 Å². The third-order valence-corrected chi connectivity index (χ3v) is 3.44. The van der Waals surface area contributed by atoms with Crippen molar-refractivity contribution in [1.82, 2.24) is 0 Å². The first-order chi connectivity index (χ1) is 10.6. The van der Waals surface area contributed by atoms with E-state index in [9.17, 15) is 4.79 Å². The lowest BCUT2D eigenvalue weighted by Gasteiger charge is -2.07. The standard InChI is InChI=1S/C18H28O4/c1-15(2)8-5-3-4-6-11-18(20)21-13-16-9-7-10-17(12-16)22-14-19/h7,9-10,12,15,19H,3-6,8,11,13-14H2,1-2H3. The Morgan fingerprint density at radius 2 is 1.95 bits per heavy atom.